The predicted molar refractivity (Wildman–Crippen MR) is 85.1 cm³/mol. The van der Waals surface area contributed by atoms with Crippen LogP contribution in [0, 0.1) is 0 Å². The molecule has 1 unspecified atom stereocenters. The molecule has 0 fully saturated rings. The van der Waals surface area contributed by atoms with E-state index in [1.54, 1.807) is 31.2 Å². The molecule has 0 amide bonds. The van der Waals surface area contributed by atoms with Crippen molar-refractivity contribution in [1.29, 1.82) is 0 Å². The average molecular weight is 303 g/mol. The Hall–Kier alpha value is -2.11. The number of aliphatic hydroxyl groups is 1. The van der Waals surface area contributed by atoms with Crippen LogP contribution in [0.5, 0.6) is 0 Å². The summed E-state index contributed by atoms with van der Waals surface area (Å²) < 4.78 is 26.6. The summed E-state index contributed by atoms with van der Waals surface area (Å²) in [6, 6.07) is 15.9. The van der Waals surface area contributed by atoms with Crippen molar-refractivity contribution in [2.45, 2.75) is 13.0 Å². The molecule has 0 spiro atoms. The Morgan fingerprint density at radius 3 is 2.33 bits per heavy atom. The van der Waals surface area contributed by atoms with Crippen molar-refractivity contribution in [2.75, 3.05) is 4.72 Å². The number of para-hydroxylation sites is 1. The molecular formula is C16H17NO3S. The van der Waals surface area contributed by atoms with Crippen LogP contribution < -0.4 is 4.72 Å². The van der Waals surface area contributed by atoms with E-state index in [2.05, 4.69) is 4.72 Å². The Morgan fingerprint density at radius 2 is 1.67 bits per heavy atom. The summed E-state index contributed by atoms with van der Waals surface area (Å²) in [7, 11) is -3.63. The Kier molecular flexibility index (Phi) is 4.77. The number of benzene rings is 2. The van der Waals surface area contributed by atoms with Crippen molar-refractivity contribution < 1.29 is 13.5 Å². The lowest BCUT2D eigenvalue weighted by Crippen LogP contribution is -2.11. The maximum atomic E-state index is 12.1. The smallest absolute Gasteiger partial charge is 0.255 e. The third kappa shape index (κ3) is 4.44. The SMILES string of the molecule is CC(O)c1ccccc1NS(=O)(=O)C=Cc1ccccc1. The topological polar surface area (TPSA) is 66.4 Å². The maximum Gasteiger partial charge on any atom is 0.255 e. The van der Waals surface area contributed by atoms with Crippen LogP contribution in [0.1, 0.15) is 24.2 Å². The van der Waals surface area contributed by atoms with Gasteiger partial charge in [0, 0.05) is 5.56 Å². The van der Waals surface area contributed by atoms with Gasteiger partial charge in [-0.2, -0.15) is 0 Å². The van der Waals surface area contributed by atoms with Crippen LogP contribution >= 0.6 is 0 Å². The van der Waals surface area contributed by atoms with Crippen LogP contribution in [-0.4, -0.2) is 13.5 Å². The van der Waals surface area contributed by atoms with E-state index in [1.807, 2.05) is 30.3 Å². The number of nitrogens with one attached hydrogen (secondary N) is 1. The van der Waals surface area contributed by atoms with Gasteiger partial charge in [0.1, 0.15) is 0 Å². The van der Waals surface area contributed by atoms with Gasteiger partial charge in [-0.3, -0.25) is 4.72 Å². The lowest BCUT2D eigenvalue weighted by molar-refractivity contribution is 0.200. The number of anilines is 1. The van der Waals surface area contributed by atoms with Crippen molar-refractivity contribution in [2.24, 2.45) is 0 Å². The first kappa shape index (κ1) is 15.3. The highest BCUT2D eigenvalue weighted by Crippen LogP contribution is 2.23. The second-order valence-electron chi connectivity index (χ2n) is 4.62. The summed E-state index contributed by atoms with van der Waals surface area (Å²) >= 11 is 0. The molecule has 0 aliphatic rings. The van der Waals surface area contributed by atoms with Crippen LogP contribution in [0.2, 0.25) is 0 Å². The first-order chi connectivity index (χ1) is 9.98. The van der Waals surface area contributed by atoms with Gasteiger partial charge < -0.3 is 5.11 Å². The second kappa shape index (κ2) is 6.56. The van der Waals surface area contributed by atoms with Gasteiger partial charge >= 0.3 is 0 Å². The summed E-state index contributed by atoms with van der Waals surface area (Å²) in [5, 5.41) is 10.8. The number of sulfonamides is 1. The van der Waals surface area contributed by atoms with Gasteiger partial charge in [-0.1, -0.05) is 48.5 Å². The summed E-state index contributed by atoms with van der Waals surface area (Å²) in [6.07, 6.45) is 0.773. The monoisotopic (exact) mass is 303 g/mol. The van der Waals surface area contributed by atoms with Crippen molar-refractivity contribution in [3.8, 4) is 0 Å². The molecule has 0 heterocycles. The van der Waals surface area contributed by atoms with Crippen molar-refractivity contribution >= 4 is 21.8 Å². The number of rotatable bonds is 5. The third-order valence-corrected chi connectivity index (χ3v) is 3.90. The standard InChI is InChI=1S/C16H17NO3S/c1-13(18)15-9-5-6-10-16(15)17-21(19,20)12-11-14-7-3-2-4-8-14/h2-13,17-18H,1H3. The zero-order valence-corrected chi connectivity index (χ0v) is 12.4. The fraction of sp³-hybridized carbons (Fsp3) is 0.125. The normalized spacial score (nSPS) is 13.2. The minimum Gasteiger partial charge on any atom is -0.389 e. The molecule has 0 radical (unpaired) electrons. The molecule has 5 heteroatoms. The molecule has 0 saturated carbocycles. The molecule has 0 saturated heterocycles. The Bertz CT molecular complexity index is 722. The van der Waals surface area contributed by atoms with Crippen molar-refractivity contribution in [1.82, 2.24) is 0 Å². The minimum absolute atomic E-state index is 0.380. The molecule has 2 rings (SSSR count). The van der Waals surface area contributed by atoms with Crippen LogP contribution in [0.15, 0.2) is 60.0 Å². The molecule has 0 aliphatic heterocycles. The summed E-state index contributed by atoms with van der Waals surface area (Å²) in [5.74, 6) is 0. The molecule has 0 bridgehead atoms. The molecule has 110 valence electrons. The van der Waals surface area contributed by atoms with Gasteiger partial charge in [0.2, 0.25) is 0 Å². The van der Waals surface area contributed by atoms with E-state index in [0.717, 1.165) is 11.0 Å². The molecule has 2 N–H and O–H groups in total. The second-order valence-corrected chi connectivity index (χ2v) is 6.19. The molecule has 2 aromatic rings. The Morgan fingerprint density at radius 1 is 1.05 bits per heavy atom. The zero-order chi connectivity index (χ0) is 15.3. The van der Waals surface area contributed by atoms with E-state index in [4.69, 9.17) is 0 Å². The highest BCUT2D eigenvalue weighted by molar-refractivity contribution is 7.95. The number of hydrogen-bond acceptors (Lipinski definition) is 3. The van der Waals surface area contributed by atoms with Gasteiger partial charge in [0.05, 0.1) is 17.2 Å². The van der Waals surface area contributed by atoms with E-state index in [-0.39, 0.29) is 0 Å². The molecule has 1 atom stereocenters. The lowest BCUT2D eigenvalue weighted by atomic mass is 10.1. The zero-order valence-electron chi connectivity index (χ0n) is 11.6. The number of aliphatic hydroxyl groups excluding tert-OH is 1. The Balaban J connectivity index is 2.21. The van der Waals surface area contributed by atoms with E-state index < -0.39 is 16.1 Å². The van der Waals surface area contributed by atoms with Crippen LogP contribution in [-0.2, 0) is 10.0 Å². The molecule has 4 nitrogen and oxygen atoms in total. The van der Waals surface area contributed by atoms with E-state index >= 15 is 0 Å². The highest BCUT2D eigenvalue weighted by Gasteiger charge is 2.12. The van der Waals surface area contributed by atoms with Crippen LogP contribution in [0.25, 0.3) is 6.08 Å². The van der Waals surface area contributed by atoms with Crippen molar-refractivity contribution in [3.63, 3.8) is 0 Å². The van der Waals surface area contributed by atoms with E-state index in [0.29, 0.717) is 11.3 Å². The molecule has 0 aromatic heterocycles. The van der Waals surface area contributed by atoms with Gasteiger partial charge in [-0.15, -0.1) is 0 Å². The molecule has 2 aromatic carbocycles. The maximum absolute atomic E-state index is 12.1. The quantitative estimate of drug-likeness (QED) is 0.891. The first-order valence-electron chi connectivity index (χ1n) is 6.51. The average Bonchev–Trinajstić information content (AvgIpc) is 2.46. The predicted octanol–water partition coefficient (Wildman–Crippen LogP) is 3.15. The van der Waals surface area contributed by atoms with E-state index in [1.165, 1.54) is 6.08 Å². The van der Waals surface area contributed by atoms with E-state index in [9.17, 15) is 13.5 Å². The van der Waals surface area contributed by atoms with Crippen LogP contribution in [0.3, 0.4) is 0 Å². The van der Waals surface area contributed by atoms with Gasteiger partial charge in [0.25, 0.3) is 10.0 Å². The molecule has 21 heavy (non-hydrogen) atoms. The summed E-state index contributed by atoms with van der Waals surface area (Å²) in [4.78, 5) is 0. The van der Waals surface area contributed by atoms with Gasteiger partial charge in [-0.05, 0) is 24.6 Å². The highest BCUT2D eigenvalue weighted by atomic mass is 32.2. The third-order valence-electron chi connectivity index (χ3n) is 2.90. The number of hydrogen-bond donors (Lipinski definition) is 2. The minimum atomic E-state index is -3.63. The van der Waals surface area contributed by atoms with Crippen LogP contribution in [0.4, 0.5) is 5.69 Å². The fourth-order valence-corrected chi connectivity index (χ4v) is 2.77. The summed E-state index contributed by atoms with van der Waals surface area (Å²) in [5.41, 5.74) is 1.71. The molecule has 0 aliphatic carbocycles. The van der Waals surface area contributed by atoms with Gasteiger partial charge in [-0.25, -0.2) is 8.42 Å². The first-order valence-corrected chi connectivity index (χ1v) is 8.05. The fourth-order valence-electron chi connectivity index (χ4n) is 1.87. The summed E-state index contributed by atoms with van der Waals surface area (Å²) in [6.45, 7) is 1.59. The largest absolute Gasteiger partial charge is 0.389 e. The van der Waals surface area contributed by atoms with Crippen molar-refractivity contribution in [3.05, 3.63) is 71.1 Å². The Labute approximate surface area is 124 Å². The van der Waals surface area contributed by atoms with Gasteiger partial charge in [0.15, 0.2) is 0 Å². The molecular weight excluding hydrogens is 286 g/mol. The lowest BCUT2D eigenvalue weighted by Gasteiger charge is -2.12.